The number of hydrogen-bond acceptors (Lipinski definition) is 3. The first-order valence-electron chi connectivity index (χ1n) is 5.01. The standard InChI is InChI=1S/C10H11F4N3O/c1-2-17(5-10(12,13)14)9(18)7-3-6(11)4-16-8(7)15/h3-4H,2,5H2,1H3,(H2,15,16). The van der Waals surface area contributed by atoms with E-state index in [-0.39, 0.29) is 17.9 Å². The lowest BCUT2D eigenvalue weighted by Crippen LogP contribution is -2.39. The number of nitrogens with zero attached hydrogens (tertiary/aromatic N) is 2. The van der Waals surface area contributed by atoms with Crippen LogP contribution in [0.5, 0.6) is 0 Å². The summed E-state index contributed by atoms with van der Waals surface area (Å²) in [6.07, 6.45) is -3.74. The number of nitrogen functional groups attached to an aromatic ring is 1. The maximum atomic E-state index is 12.9. The molecule has 0 aliphatic heterocycles. The van der Waals surface area contributed by atoms with E-state index in [9.17, 15) is 22.4 Å². The molecule has 0 radical (unpaired) electrons. The van der Waals surface area contributed by atoms with Crippen molar-refractivity contribution in [1.82, 2.24) is 9.88 Å². The molecular formula is C10H11F4N3O. The SMILES string of the molecule is CCN(CC(F)(F)F)C(=O)c1cc(F)cnc1N. The molecule has 0 atom stereocenters. The van der Waals surface area contributed by atoms with Gasteiger partial charge >= 0.3 is 6.18 Å². The lowest BCUT2D eigenvalue weighted by Gasteiger charge is -2.22. The molecule has 0 bridgehead atoms. The number of carbonyl (C=O) groups excluding carboxylic acids is 1. The van der Waals surface area contributed by atoms with E-state index in [4.69, 9.17) is 5.73 Å². The van der Waals surface area contributed by atoms with E-state index in [0.717, 1.165) is 12.3 Å². The Balaban J connectivity index is 3.00. The number of carbonyl (C=O) groups is 1. The number of aromatic nitrogens is 1. The van der Waals surface area contributed by atoms with Crippen LogP contribution >= 0.6 is 0 Å². The molecule has 0 fully saturated rings. The van der Waals surface area contributed by atoms with Crippen LogP contribution in [-0.2, 0) is 0 Å². The first kappa shape index (κ1) is 14.2. The number of anilines is 1. The number of halogens is 4. The van der Waals surface area contributed by atoms with Gasteiger partial charge in [0.1, 0.15) is 18.2 Å². The molecule has 1 amide bonds. The van der Waals surface area contributed by atoms with Gasteiger partial charge in [-0.2, -0.15) is 13.2 Å². The highest BCUT2D eigenvalue weighted by molar-refractivity contribution is 5.98. The van der Waals surface area contributed by atoms with Gasteiger partial charge in [-0.3, -0.25) is 4.79 Å². The summed E-state index contributed by atoms with van der Waals surface area (Å²) in [5, 5.41) is 0. The molecule has 0 aromatic carbocycles. The molecule has 0 unspecified atom stereocenters. The maximum absolute atomic E-state index is 12.9. The van der Waals surface area contributed by atoms with Crippen LogP contribution in [0.2, 0.25) is 0 Å². The Morgan fingerprint density at radius 1 is 1.50 bits per heavy atom. The summed E-state index contributed by atoms with van der Waals surface area (Å²) < 4.78 is 49.6. The molecule has 100 valence electrons. The minimum absolute atomic E-state index is 0.172. The van der Waals surface area contributed by atoms with Crippen LogP contribution in [0, 0.1) is 5.82 Å². The Morgan fingerprint density at radius 3 is 2.61 bits per heavy atom. The van der Waals surface area contributed by atoms with Crippen molar-refractivity contribution in [3.63, 3.8) is 0 Å². The van der Waals surface area contributed by atoms with E-state index in [2.05, 4.69) is 4.98 Å². The van der Waals surface area contributed by atoms with E-state index in [1.54, 1.807) is 0 Å². The second kappa shape index (κ2) is 5.19. The van der Waals surface area contributed by atoms with Crippen LogP contribution in [0.1, 0.15) is 17.3 Å². The Labute approximate surface area is 100 Å². The third kappa shape index (κ3) is 3.57. The van der Waals surface area contributed by atoms with Crippen LogP contribution in [0.3, 0.4) is 0 Å². The first-order valence-corrected chi connectivity index (χ1v) is 5.01. The molecule has 0 aliphatic carbocycles. The van der Waals surface area contributed by atoms with Gasteiger partial charge < -0.3 is 10.6 Å². The first-order chi connectivity index (χ1) is 8.24. The third-order valence-electron chi connectivity index (χ3n) is 2.15. The summed E-state index contributed by atoms with van der Waals surface area (Å²) in [6.45, 7) is -0.209. The predicted molar refractivity (Wildman–Crippen MR) is 56.2 cm³/mol. The molecule has 0 spiro atoms. The van der Waals surface area contributed by atoms with Gasteiger partial charge in [-0.15, -0.1) is 0 Å². The predicted octanol–water partition coefficient (Wildman–Crippen LogP) is 1.83. The van der Waals surface area contributed by atoms with Crippen molar-refractivity contribution >= 4 is 11.7 Å². The van der Waals surface area contributed by atoms with Gasteiger partial charge in [0, 0.05) is 6.54 Å². The van der Waals surface area contributed by atoms with E-state index >= 15 is 0 Å². The Morgan fingerprint density at radius 2 is 2.11 bits per heavy atom. The fourth-order valence-electron chi connectivity index (χ4n) is 1.34. The monoisotopic (exact) mass is 265 g/mol. The number of nitrogens with two attached hydrogens (primary N) is 1. The van der Waals surface area contributed by atoms with Gasteiger partial charge in [0.05, 0.1) is 11.8 Å². The average Bonchev–Trinajstić information content (AvgIpc) is 2.27. The Bertz CT molecular complexity index is 447. The molecule has 18 heavy (non-hydrogen) atoms. The lowest BCUT2D eigenvalue weighted by molar-refractivity contribution is -0.140. The normalized spacial score (nSPS) is 11.4. The van der Waals surface area contributed by atoms with Gasteiger partial charge in [0.15, 0.2) is 0 Å². The minimum Gasteiger partial charge on any atom is -0.383 e. The van der Waals surface area contributed by atoms with E-state index in [1.165, 1.54) is 6.92 Å². The smallest absolute Gasteiger partial charge is 0.383 e. The number of rotatable bonds is 3. The maximum Gasteiger partial charge on any atom is 0.406 e. The molecule has 0 saturated heterocycles. The Hall–Kier alpha value is -1.86. The highest BCUT2D eigenvalue weighted by Crippen LogP contribution is 2.19. The van der Waals surface area contributed by atoms with Crippen LogP contribution in [0.25, 0.3) is 0 Å². The summed E-state index contributed by atoms with van der Waals surface area (Å²) in [5.41, 5.74) is 4.97. The molecular weight excluding hydrogens is 254 g/mol. The van der Waals surface area contributed by atoms with Crippen molar-refractivity contribution in [3.05, 3.63) is 23.6 Å². The molecule has 2 N–H and O–H groups in total. The molecule has 0 saturated carbocycles. The zero-order valence-corrected chi connectivity index (χ0v) is 9.46. The highest BCUT2D eigenvalue weighted by Gasteiger charge is 2.33. The van der Waals surface area contributed by atoms with Crippen LogP contribution in [-0.4, -0.2) is 35.1 Å². The molecule has 1 aromatic rings. The lowest BCUT2D eigenvalue weighted by atomic mass is 10.2. The fourth-order valence-corrected chi connectivity index (χ4v) is 1.34. The summed E-state index contributed by atoms with van der Waals surface area (Å²) >= 11 is 0. The summed E-state index contributed by atoms with van der Waals surface area (Å²) in [7, 11) is 0. The van der Waals surface area contributed by atoms with Crippen molar-refractivity contribution in [2.45, 2.75) is 13.1 Å². The van der Waals surface area contributed by atoms with Gasteiger partial charge in [0.25, 0.3) is 5.91 Å². The second-order valence-corrected chi connectivity index (χ2v) is 3.52. The zero-order valence-electron chi connectivity index (χ0n) is 9.46. The summed E-state index contributed by atoms with van der Waals surface area (Å²) in [6, 6.07) is 0.768. The number of amides is 1. The van der Waals surface area contributed by atoms with Crippen LogP contribution in [0.4, 0.5) is 23.4 Å². The van der Waals surface area contributed by atoms with E-state index < -0.39 is 24.4 Å². The molecule has 0 aliphatic rings. The van der Waals surface area contributed by atoms with Crippen molar-refractivity contribution < 1.29 is 22.4 Å². The zero-order chi connectivity index (χ0) is 13.9. The minimum atomic E-state index is -4.53. The highest BCUT2D eigenvalue weighted by atomic mass is 19.4. The topological polar surface area (TPSA) is 59.2 Å². The van der Waals surface area contributed by atoms with Crippen molar-refractivity contribution in [2.75, 3.05) is 18.8 Å². The van der Waals surface area contributed by atoms with Gasteiger partial charge in [0.2, 0.25) is 0 Å². The van der Waals surface area contributed by atoms with E-state index in [0.29, 0.717) is 4.90 Å². The fraction of sp³-hybridized carbons (Fsp3) is 0.400. The second-order valence-electron chi connectivity index (χ2n) is 3.52. The van der Waals surface area contributed by atoms with Crippen LogP contribution < -0.4 is 5.73 Å². The number of hydrogen-bond donors (Lipinski definition) is 1. The van der Waals surface area contributed by atoms with Crippen molar-refractivity contribution in [3.8, 4) is 0 Å². The summed E-state index contributed by atoms with van der Waals surface area (Å²) in [5.74, 6) is -2.14. The molecule has 8 heteroatoms. The van der Waals surface area contributed by atoms with Gasteiger partial charge in [-0.25, -0.2) is 9.37 Å². The van der Waals surface area contributed by atoms with Crippen molar-refractivity contribution in [2.24, 2.45) is 0 Å². The van der Waals surface area contributed by atoms with E-state index in [1.807, 2.05) is 0 Å². The van der Waals surface area contributed by atoms with Gasteiger partial charge in [-0.1, -0.05) is 0 Å². The Kier molecular flexibility index (Phi) is 4.10. The number of pyridine rings is 1. The third-order valence-corrected chi connectivity index (χ3v) is 2.15. The average molecular weight is 265 g/mol. The number of alkyl halides is 3. The largest absolute Gasteiger partial charge is 0.406 e. The molecule has 1 rings (SSSR count). The van der Waals surface area contributed by atoms with Crippen LogP contribution in [0.15, 0.2) is 12.3 Å². The molecule has 1 heterocycles. The molecule has 1 aromatic heterocycles. The summed E-state index contributed by atoms with van der Waals surface area (Å²) in [4.78, 5) is 15.7. The molecule has 4 nitrogen and oxygen atoms in total. The quantitative estimate of drug-likeness (QED) is 0.848. The van der Waals surface area contributed by atoms with Crippen molar-refractivity contribution in [1.29, 1.82) is 0 Å². The van der Waals surface area contributed by atoms with Gasteiger partial charge in [-0.05, 0) is 13.0 Å².